The lowest BCUT2D eigenvalue weighted by atomic mass is 9.90. The van der Waals surface area contributed by atoms with Crippen LogP contribution in [0.2, 0.25) is 5.02 Å². The summed E-state index contributed by atoms with van der Waals surface area (Å²) in [5.74, 6) is 1.30. The van der Waals surface area contributed by atoms with Gasteiger partial charge in [0.25, 0.3) is 0 Å². The first-order valence-corrected chi connectivity index (χ1v) is 4.74. The molecule has 0 aliphatic heterocycles. The van der Waals surface area contributed by atoms with Crippen molar-refractivity contribution in [3.05, 3.63) is 34.9 Å². The molecule has 1 rings (SSSR count). The van der Waals surface area contributed by atoms with Crippen molar-refractivity contribution in [2.24, 2.45) is 5.92 Å². The standard InChI is InChI=1S/C11H15Cl/c1-8(2)9(3)10-4-6-11(12)7-5-10/h4-9H,1-3H3/t9-/m0/s1. The molecule has 0 unspecified atom stereocenters. The average Bonchev–Trinajstić information content (AvgIpc) is 2.04. The molecule has 66 valence electrons. The molecular weight excluding hydrogens is 168 g/mol. The summed E-state index contributed by atoms with van der Waals surface area (Å²) in [6.07, 6.45) is 0. The molecule has 0 N–H and O–H groups in total. The minimum Gasteiger partial charge on any atom is -0.0843 e. The normalized spacial score (nSPS) is 13.4. The van der Waals surface area contributed by atoms with Crippen LogP contribution < -0.4 is 0 Å². The summed E-state index contributed by atoms with van der Waals surface area (Å²) in [5, 5.41) is 0.815. The number of halogens is 1. The van der Waals surface area contributed by atoms with Gasteiger partial charge in [0.05, 0.1) is 0 Å². The molecule has 1 aromatic carbocycles. The molecule has 0 aromatic heterocycles. The predicted molar refractivity (Wildman–Crippen MR) is 54.7 cm³/mol. The van der Waals surface area contributed by atoms with E-state index in [0.717, 1.165) is 5.02 Å². The Balaban J connectivity index is 2.82. The third-order valence-electron chi connectivity index (χ3n) is 2.40. The minimum atomic E-state index is 0.613. The van der Waals surface area contributed by atoms with Crippen LogP contribution in [-0.2, 0) is 0 Å². The van der Waals surface area contributed by atoms with E-state index >= 15 is 0 Å². The molecule has 0 aliphatic carbocycles. The van der Waals surface area contributed by atoms with Crippen LogP contribution in [0.1, 0.15) is 32.3 Å². The molecule has 0 amide bonds. The predicted octanol–water partition coefficient (Wildman–Crippen LogP) is 4.10. The van der Waals surface area contributed by atoms with Crippen LogP contribution in [0.25, 0.3) is 0 Å². The van der Waals surface area contributed by atoms with Crippen LogP contribution in [0.5, 0.6) is 0 Å². The quantitative estimate of drug-likeness (QED) is 0.646. The van der Waals surface area contributed by atoms with Crippen molar-refractivity contribution in [1.82, 2.24) is 0 Å². The van der Waals surface area contributed by atoms with Crippen LogP contribution in [0.15, 0.2) is 24.3 Å². The Kier molecular flexibility index (Phi) is 3.16. The molecular formula is C11H15Cl. The van der Waals surface area contributed by atoms with Gasteiger partial charge in [-0.25, -0.2) is 0 Å². The van der Waals surface area contributed by atoms with Gasteiger partial charge in [0.15, 0.2) is 0 Å². The third-order valence-corrected chi connectivity index (χ3v) is 2.65. The molecule has 0 heterocycles. The molecule has 1 heteroatoms. The molecule has 1 aromatic rings. The molecule has 0 saturated carbocycles. The van der Waals surface area contributed by atoms with Crippen molar-refractivity contribution in [3.63, 3.8) is 0 Å². The number of benzene rings is 1. The fourth-order valence-electron chi connectivity index (χ4n) is 1.15. The van der Waals surface area contributed by atoms with Crippen LogP contribution in [0.4, 0.5) is 0 Å². The summed E-state index contributed by atoms with van der Waals surface area (Å²) in [7, 11) is 0. The van der Waals surface area contributed by atoms with Crippen LogP contribution in [0, 0.1) is 5.92 Å². The van der Waals surface area contributed by atoms with Gasteiger partial charge in [0.2, 0.25) is 0 Å². The largest absolute Gasteiger partial charge is 0.0843 e. The van der Waals surface area contributed by atoms with E-state index in [1.807, 2.05) is 12.1 Å². The molecule has 0 spiro atoms. The third kappa shape index (κ3) is 2.25. The summed E-state index contributed by atoms with van der Waals surface area (Å²) < 4.78 is 0. The highest BCUT2D eigenvalue weighted by atomic mass is 35.5. The summed E-state index contributed by atoms with van der Waals surface area (Å²) in [6.45, 7) is 6.71. The zero-order valence-corrected chi connectivity index (χ0v) is 8.60. The van der Waals surface area contributed by atoms with E-state index in [1.54, 1.807) is 0 Å². The first-order valence-electron chi connectivity index (χ1n) is 4.36. The van der Waals surface area contributed by atoms with Gasteiger partial charge < -0.3 is 0 Å². The Morgan fingerprint density at radius 3 is 1.92 bits per heavy atom. The van der Waals surface area contributed by atoms with Gasteiger partial charge in [-0.3, -0.25) is 0 Å². The number of hydrogen-bond donors (Lipinski definition) is 0. The lowest BCUT2D eigenvalue weighted by Crippen LogP contribution is -2.01. The second kappa shape index (κ2) is 3.95. The SMILES string of the molecule is CC(C)[C@H](C)c1ccc(Cl)cc1. The Morgan fingerprint density at radius 2 is 1.50 bits per heavy atom. The molecule has 12 heavy (non-hydrogen) atoms. The fraction of sp³-hybridized carbons (Fsp3) is 0.455. The topological polar surface area (TPSA) is 0 Å². The molecule has 1 atom stereocenters. The first-order chi connectivity index (χ1) is 5.61. The van der Waals surface area contributed by atoms with Gasteiger partial charge in [-0.15, -0.1) is 0 Å². The minimum absolute atomic E-state index is 0.613. The van der Waals surface area contributed by atoms with E-state index < -0.39 is 0 Å². The summed E-state index contributed by atoms with van der Waals surface area (Å²) in [5.41, 5.74) is 1.37. The van der Waals surface area contributed by atoms with E-state index in [0.29, 0.717) is 11.8 Å². The molecule has 0 nitrogen and oxygen atoms in total. The van der Waals surface area contributed by atoms with E-state index in [4.69, 9.17) is 11.6 Å². The maximum atomic E-state index is 5.80. The lowest BCUT2D eigenvalue weighted by molar-refractivity contribution is 0.535. The van der Waals surface area contributed by atoms with E-state index in [2.05, 4.69) is 32.9 Å². The Hall–Kier alpha value is -0.490. The van der Waals surface area contributed by atoms with Gasteiger partial charge in [-0.2, -0.15) is 0 Å². The maximum absolute atomic E-state index is 5.80. The van der Waals surface area contributed by atoms with Gasteiger partial charge in [0, 0.05) is 5.02 Å². The molecule has 0 radical (unpaired) electrons. The molecule has 0 bridgehead atoms. The number of hydrogen-bond acceptors (Lipinski definition) is 0. The van der Waals surface area contributed by atoms with Gasteiger partial charge in [-0.05, 0) is 29.5 Å². The number of rotatable bonds is 2. The van der Waals surface area contributed by atoms with Crippen molar-refractivity contribution in [2.45, 2.75) is 26.7 Å². The Morgan fingerprint density at radius 1 is 1.00 bits per heavy atom. The summed E-state index contributed by atoms with van der Waals surface area (Å²) >= 11 is 5.80. The van der Waals surface area contributed by atoms with Crippen molar-refractivity contribution >= 4 is 11.6 Å². The zero-order chi connectivity index (χ0) is 9.14. The van der Waals surface area contributed by atoms with E-state index in [1.165, 1.54) is 5.56 Å². The summed E-state index contributed by atoms with van der Waals surface area (Å²) in [4.78, 5) is 0. The average molecular weight is 183 g/mol. The monoisotopic (exact) mass is 182 g/mol. The summed E-state index contributed by atoms with van der Waals surface area (Å²) in [6, 6.07) is 8.12. The lowest BCUT2D eigenvalue weighted by Gasteiger charge is -2.15. The Bertz CT molecular complexity index is 236. The van der Waals surface area contributed by atoms with Crippen molar-refractivity contribution in [1.29, 1.82) is 0 Å². The zero-order valence-electron chi connectivity index (χ0n) is 7.84. The highest BCUT2D eigenvalue weighted by molar-refractivity contribution is 6.30. The fourth-order valence-corrected chi connectivity index (χ4v) is 1.28. The van der Waals surface area contributed by atoms with Gasteiger partial charge in [-0.1, -0.05) is 44.5 Å². The molecule has 0 aliphatic rings. The molecule has 0 fully saturated rings. The van der Waals surface area contributed by atoms with Gasteiger partial charge in [0.1, 0.15) is 0 Å². The van der Waals surface area contributed by atoms with Crippen molar-refractivity contribution in [3.8, 4) is 0 Å². The van der Waals surface area contributed by atoms with E-state index in [9.17, 15) is 0 Å². The maximum Gasteiger partial charge on any atom is 0.0406 e. The smallest absolute Gasteiger partial charge is 0.0406 e. The first kappa shape index (κ1) is 9.60. The highest BCUT2D eigenvalue weighted by Crippen LogP contribution is 2.24. The van der Waals surface area contributed by atoms with Crippen molar-refractivity contribution in [2.75, 3.05) is 0 Å². The highest BCUT2D eigenvalue weighted by Gasteiger charge is 2.08. The van der Waals surface area contributed by atoms with Crippen LogP contribution in [0.3, 0.4) is 0 Å². The second-order valence-corrected chi connectivity index (χ2v) is 4.02. The van der Waals surface area contributed by atoms with Gasteiger partial charge >= 0.3 is 0 Å². The van der Waals surface area contributed by atoms with E-state index in [-0.39, 0.29) is 0 Å². The van der Waals surface area contributed by atoms with Crippen LogP contribution >= 0.6 is 11.6 Å². The second-order valence-electron chi connectivity index (χ2n) is 3.58. The Labute approximate surface area is 79.6 Å². The molecule has 0 saturated heterocycles. The van der Waals surface area contributed by atoms with Crippen molar-refractivity contribution < 1.29 is 0 Å². The van der Waals surface area contributed by atoms with Crippen LogP contribution in [-0.4, -0.2) is 0 Å².